The van der Waals surface area contributed by atoms with Gasteiger partial charge in [-0.15, -0.1) is 35.3 Å². The van der Waals surface area contributed by atoms with Crippen molar-refractivity contribution in [1.82, 2.24) is 19.8 Å². The summed E-state index contributed by atoms with van der Waals surface area (Å²) in [5.41, 5.74) is 7.43. The van der Waals surface area contributed by atoms with Gasteiger partial charge in [-0.3, -0.25) is 0 Å². The lowest BCUT2D eigenvalue weighted by Gasteiger charge is -2.35. The summed E-state index contributed by atoms with van der Waals surface area (Å²) in [4.78, 5) is 22.9. The number of guanidine groups is 1. The summed E-state index contributed by atoms with van der Waals surface area (Å²) >= 11 is 1.68. The summed E-state index contributed by atoms with van der Waals surface area (Å²) < 4.78 is 0. The van der Waals surface area contributed by atoms with Gasteiger partial charge in [0.15, 0.2) is 11.1 Å². The Kier molecular flexibility index (Phi) is 8.51. The highest BCUT2D eigenvalue weighted by Gasteiger charge is 2.20. The van der Waals surface area contributed by atoms with Gasteiger partial charge in [-0.2, -0.15) is 0 Å². The number of halogens is 1. The van der Waals surface area contributed by atoms with Crippen molar-refractivity contribution in [3.63, 3.8) is 0 Å². The number of hydrogen-bond acceptors (Lipinski definition) is 7. The number of aliphatic imine (C=N–C) groups is 1. The minimum atomic E-state index is 0. The van der Waals surface area contributed by atoms with Crippen molar-refractivity contribution in [1.29, 1.82) is 0 Å². The van der Waals surface area contributed by atoms with Crippen LogP contribution in [-0.2, 0) is 6.54 Å². The molecule has 4 rings (SSSR count). The minimum Gasteiger partial charge on any atom is -0.370 e. The zero-order valence-corrected chi connectivity index (χ0v) is 20.6. The van der Waals surface area contributed by atoms with E-state index >= 15 is 0 Å². The summed E-state index contributed by atoms with van der Waals surface area (Å²) in [7, 11) is 0. The first-order valence-electron chi connectivity index (χ1n) is 10.3. The van der Waals surface area contributed by atoms with Gasteiger partial charge in [0.2, 0.25) is 0 Å². The normalized spacial score (nSPS) is 18.4. The SMILES string of the molecule is CCN1CCN(c2cc(CN=C(N)N3CCN(c4nccs4)CC3)ccn2)CC1.I. The van der Waals surface area contributed by atoms with Crippen molar-refractivity contribution < 1.29 is 0 Å². The van der Waals surface area contributed by atoms with E-state index in [9.17, 15) is 0 Å². The number of nitrogens with two attached hydrogens (primary N) is 1. The van der Waals surface area contributed by atoms with E-state index < -0.39 is 0 Å². The first kappa shape index (κ1) is 23.0. The first-order chi connectivity index (χ1) is 14.2. The Hall–Kier alpha value is -1.66. The summed E-state index contributed by atoms with van der Waals surface area (Å²) in [6.45, 7) is 11.8. The molecule has 2 fully saturated rings. The second-order valence-corrected chi connectivity index (χ2v) is 8.28. The van der Waals surface area contributed by atoms with Crippen molar-refractivity contribution in [3.8, 4) is 0 Å². The number of nitrogens with zero attached hydrogens (tertiary/aromatic N) is 7. The average Bonchev–Trinajstić information content (AvgIpc) is 3.33. The molecule has 164 valence electrons. The Bertz CT molecular complexity index is 799. The monoisotopic (exact) mass is 542 g/mol. The number of pyridine rings is 1. The van der Waals surface area contributed by atoms with E-state index in [2.05, 4.69) is 47.6 Å². The van der Waals surface area contributed by atoms with E-state index in [-0.39, 0.29) is 24.0 Å². The lowest BCUT2D eigenvalue weighted by atomic mass is 10.2. The zero-order valence-electron chi connectivity index (χ0n) is 17.5. The predicted molar refractivity (Wildman–Crippen MR) is 135 cm³/mol. The number of aromatic nitrogens is 2. The fourth-order valence-electron chi connectivity index (χ4n) is 3.80. The van der Waals surface area contributed by atoms with Crippen molar-refractivity contribution >= 4 is 52.2 Å². The molecule has 0 radical (unpaired) electrons. The average molecular weight is 542 g/mol. The van der Waals surface area contributed by atoms with Crippen LogP contribution in [0.3, 0.4) is 0 Å². The van der Waals surface area contributed by atoms with Crippen LogP contribution in [0.25, 0.3) is 0 Å². The molecule has 0 bridgehead atoms. The van der Waals surface area contributed by atoms with Crippen molar-refractivity contribution in [3.05, 3.63) is 35.5 Å². The van der Waals surface area contributed by atoms with E-state index in [1.807, 2.05) is 23.8 Å². The van der Waals surface area contributed by atoms with E-state index in [0.29, 0.717) is 12.5 Å². The third-order valence-corrected chi connectivity index (χ3v) is 6.50. The summed E-state index contributed by atoms with van der Waals surface area (Å²) in [5.74, 6) is 1.67. The van der Waals surface area contributed by atoms with E-state index in [1.165, 1.54) is 0 Å². The summed E-state index contributed by atoms with van der Waals surface area (Å²) in [5, 5.41) is 3.11. The molecule has 2 aliphatic heterocycles. The molecule has 0 spiro atoms. The van der Waals surface area contributed by atoms with Crippen molar-refractivity contribution in [2.75, 3.05) is 68.7 Å². The molecule has 0 aliphatic carbocycles. The van der Waals surface area contributed by atoms with E-state index in [1.54, 1.807) is 11.3 Å². The fourth-order valence-corrected chi connectivity index (χ4v) is 4.49. The van der Waals surface area contributed by atoms with Gasteiger partial charge >= 0.3 is 0 Å². The number of hydrogen-bond donors (Lipinski definition) is 1. The molecule has 8 nitrogen and oxygen atoms in total. The fraction of sp³-hybridized carbons (Fsp3) is 0.550. The van der Waals surface area contributed by atoms with Crippen LogP contribution in [-0.4, -0.2) is 84.6 Å². The predicted octanol–water partition coefficient (Wildman–Crippen LogP) is 1.93. The maximum absolute atomic E-state index is 6.28. The van der Waals surface area contributed by atoms with E-state index in [0.717, 1.165) is 75.4 Å². The minimum absolute atomic E-state index is 0. The molecular formula is C20H31IN8S. The third-order valence-electron chi connectivity index (χ3n) is 5.67. The zero-order chi connectivity index (χ0) is 20.1. The first-order valence-corrected chi connectivity index (χ1v) is 11.2. The molecule has 0 saturated carbocycles. The van der Waals surface area contributed by atoms with Gasteiger partial charge in [0, 0.05) is 70.1 Å². The summed E-state index contributed by atoms with van der Waals surface area (Å²) in [6, 6.07) is 4.18. The molecular weight excluding hydrogens is 511 g/mol. The molecule has 0 amide bonds. The van der Waals surface area contributed by atoms with Gasteiger partial charge in [-0.25, -0.2) is 15.0 Å². The molecule has 30 heavy (non-hydrogen) atoms. The molecule has 2 aromatic rings. The Morgan fingerprint density at radius 3 is 2.43 bits per heavy atom. The van der Waals surface area contributed by atoms with Crippen LogP contribution in [0, 0.1) is 0 Å². The number of thiazole rings is 1. The second-order valence-electron chi connectivity index (χ2n) is 7.41. The standard InChI is InChI=1S/C20H30N8S.HI/c1-2-25-6-8-26(9-7-25)18-15-17(3-4-22-18)16-24-19(21)27-10-12-28(13-11-27)20-23-5-14-29-20;/h3-5,14-15H,2,6-13,16H2,1H3,(H2,21,24);1H. The molecule has 2 saturated heterocycles. The quantitative estimate of drug-likeness (QED) is 0.352. The molecule has 2 N–H and O–H groups in total. The van der Waals surface area contributed by atoms with E-state index in [4.69, 9.17) is 5.73 Å². The number of anilines is 2. The van der Waals surface area contributed by atoms with Gasteiger partial charge < -0.3 is 25.3 Å². The summed E-state index contributed by atoms with van der Waals surface area (Å²) in [6.07, 6.45) is 3.74. The second kappa shape index (κ2) is 11.1. The maximum Gasteiger partial charge on any atom is 0.191 e. The molecule has 10 heteroatoms. The third kappa shape index (κ3) is 5.73. The van der Waals surface area contributed by atoms with Gasteiger partial charge in [0.05, 0.1) is 6.54 Å². The largest absolute Gasteiger partial charge is 0.370 e. The smallest absolute Gasteiger partial charge is 0.191 e. The molecule has 2 aromatic heterocycles. The Morgan fingerprint density at radius 2 is 1.77 bits per heavy atom. The Balaban J connectivity index is 0.00000256. The van der Waals surface area contributed by atoms with Gasteiger partial charge in [0.25, 0.3) is 0 Å². The van der Waals surface area contributed by atoms with Crippen LogP contribution in [0.1, 0.15) is 12.5 Å². The lowest BCUT2D eigenvalue weighted by Crippen LogP contribution is -2.51. The highest BCUT2D eigenvalue weighted by molar-refractivity contribution is 14.0. The van der Waals surface area contributed by atoms with Crippen LogP contribution in [0.4, 0.5) is 10.9 Å². The molecule has 0 aromatic carbocycles. The van der Waals surface area contributed by atoms with Gasteiger partial charge in [-0.05, 0) is 24.2 Å². The van der Waals surface area contributed by atoms with Crippen LogP contribution in [0.15, 0.2) is 34.9 Å². The van der Waals surface area contributed by atoms with Crippen LogP contribution in [0.2, 0.25) is 0 Å². The highest BCUT2D eigenvalue weighted by atomic mass is 127. The van der Waals surface area contributed by atoms with Crippen LogP contribution < -0.4 is 15.5 Å². The highest BCUT2D eigenvalue weighted by Crippen LogP contribution is 2.19. The maximum atomic E-state index is 6.28. The van der Waals surface area contributed by atoms with Crippen LogP contribution in [0.5, 0.6) is 0 Å². The Morgan fingerprint density at radius 1 is 1.03 bits per heavy atom. The number of piperazine rings is 2. The number of rotatable bonds is 5. The Labute approximate surface area is 199 Å². The van der Waals surface area contributed by atoms with Gasteiger partial charge in [-0.1, -0.05) is 6.92 Å². The van der Waals surface area contributed by atoms with Crippen molar-refractivity contribution in [2.24, 2.45) is 10.7 Å². The van der Waals surface area contributed by atoms with Crippen LogP contribution >= 0.6 is 35.3 Å². The molecule has 0 unspecified atom stereocenters. The van der Waals surface area contributed by atoms with Crippen molar-refractivity contribution in [2.45, 2.75) is 13.5 Å². The topological polar surface area (TPSA) is 77.1 Å². The number of likely N-dealkylation sites (N-methyl/N-ethyl adjacent to an activating group) is 1. The molecule has 0 atom stereocenters. The molecule has 4 heterocycles. The molecule has 2 aliphatic rings. The lowest BCUT2D eigenvalue weighted by molar-refractivity contribution is 0.270. The van der Waals surface area contributed by atoms with Gasteiger partial charge in [0.1, 0.15) is 5.82 Å².